The van der Waals surface area contributed by atoms with Crippen molar-refractivity contribution in [2.45, 2.75) is 38.6 Å². The lowest BCUT2D eigenvalue weighted by molar-refractivity contribution is -0.187. The van der Waals surface area contributed by atoms with Crippen LogP contribution in [0.4, 0.5) is 10.5 Å². The molecule has 0 saturated carbocycles. The molecule has 0 aromatic heterocycles. The number of fused-ring (bicyclic) bond motifs is 1. The molecule has 2 heterocycles. The van der Waals surface area contributed by atoms with Crippen molar-refractivity contribution in [2.75, 3.05) is 53.4 Å². The number of phenols is 1. The van der Waals surface area contributed by atoms with Crippen molar-refractivity contribution in [1.29, 1.82) is 0 Å². The number of phenolic OH excluding ortho intramolecular Hbond substituents is 1. The van der Waals surface area contributed by atoms with Crippen LogP contribution in [0.15, 0.2) is 60.7 Å². The van der Waals surface area contributed by atoms with Gasteiger partial charge >= 0.3 is 6.03 Å². The molecule has 2 aliphatic rings. The third kappa shape index (κ3) is 6.38. The number of likely N-dealkylation sites (N-methyl/N-ethyl adjacent to an activating group) is 1. The van der Waals surface area contributed by atoms with Gasteiger partial charge in [0.1, 0.15) is 18.0 Å². The molecule has 2 saturated heterocycles. The molecule has 12 heteroatoms. The van der Waals surface area contributed by atoms with Crippen LogP contribution in [0.5, 0.6) is 17.2 Å². The van der Waals surface area contributed by atoms with Crippen LogP contribution < -0.4 is 19.7 Å². The SMILES string of the molecule is COc1cccc(CNC(=O)N2[C@H]3CN(Cc4cccc(C)c4N(C)C)C(=O)[C@H](Cc4ccc(O)cc4)N3C(=O)CN2C)c1OC. The highest BCUT2D eigenvalue weighted by atomic mass is 16.5. The van der Waals surface area contributed by atoms with Crippen LogP contribution in [-0.2, 0) is 29.1 Å². The van der Waals surface area contributed by atoms with Gasteiger partial charge in [-0.25, -0.2) is 14.8 Å². The number of carbonyl (C=O) groups is 3. The Morgan fingerprint density at radius 2 is 1.70 bits per heavy atom. The van der Waals surface area contributed by atoms with Gasteiger partial charge in [-0.15, -0.1) is 0 Å². The number of para-hydroxylation sites is 2. The number of nitrogens with zero attached hydrogens (tertiary/aromatic N) is 5. The van der Waals surface area contributed by atoms with Gasteiger partial charge in [0.25, 0.3) is 0 Å². The summed E-state index contributed by atoms with van der Waals surface area (Å²) in [6, 6.07) is 16.8. The number of hydrogen-bond acceptors (Lipinski definition) is 8. The quantitative estimate of drug-likeness (QED) is 0.371. The minimum atomic E-state index is -0.856. The van der Waals surface area contributed by atoms with E-state index in [0.29, 0.717) is 18.0 Å². The van der Waals surface area contributed by atoms with Crippen molar-refractivity contribution in [3.05, 3.63) is 82.9 Å². The molecular formula is C34H42N6O6. The van der Waals surface area contributed by atoms with Crippen LogP contribution >= 0.6 is 0 Å². The van der Waals surface area contributed by atoms with E-state index in [9.17, 15) is 19.5 Å². The predicted molar refractivity (Wildman–Crippen MR) is 173 cm³/mol. The van der Waals surface area contributed by atoms with Gasteiger partial charge in [0.15, 0.2) is 11.5 Å². The molecule has 0 radical (unpaired) electrons. The second kappa shape index (κ2) is 13.6. The van der Waals surface area contributed by atoms with Crippen molar-refractivity contribution in [1.82, 2.24) is 25.1 Å². The first-order valence-electron chi connectivity index (χ1n) is 15.2. The third-order valence-electron chi connectivity index (χ3n) is 8.56. The lowest BCUT2D eigenvalue weighted by atomic mass is 9.97. The first-order chi connectivity index (χ1) is 22.0. The Hall–Kier alpha value is -4.97. The summed E-state index contributed by atoms with van der Waals surface area (Å²) < 4.78 is 11.0. The fourth-order valence-corrected chi connectivity index (χ4v) is 6.54. The van der Waals surface area contributed by atoms with Crippen molar-refractivity contribution < 1.29 is 29.0 Å². The number of nitrogens with one attached hydrogen (secondary N) is 1. The number of urea groups is 1. The number of methoxy groups -OCH3 is 2. The van der Waals surface area contributed by atoms with E-state index in [0.717, 1.165) is 27.9 Å². The number of hydrazine groups is 1. The largest absolute Gasteiger partial charge is 0.508 e. The maximum Gasteiger partial charge on any atom is 0.334 e. The second-order valence-corrected chi connectivity index (χ2v) is 11.8. The molecule has 3 aromatic rings. The molecule has 3 aromatic carbocycles. The van der Waals surface area contributed by atoms with Crippen LogP contribution in [0.3, 0.4) is 0 Å². The molecule has 2 aliphatic heterocycles. The summed E-state index contributed by atoms with van der Waals surface area (Å²) in [5, 5.41) is 16.0. The van der Waals surface area contributed by atoms with E-state index in [1.54, 1.807) is 66.4 Å². The maximum atomic E-state index is 14.3. The Balaban J connectivity index is 1.49. The van der Waals surface area contributed by atoms with Gasteiger partial charge in [-0.05, 0) is 41.8 Å². The van der Waals surface area contributed by atoms with Crippen molar-refractivity contribution in [3.63, 3.8) is 0 Å². The fraction of sp³-hybridized carbons (Fsp3) is 0.382. The smallest absolute Gasteiger partial charge is 0.334 e. The average molecular weight is 631 g/mol. The Morgan fingerprint density at radius 3 is 2.37 bits per heavy atom. The number of ether oxygens (including phenoxy) is 2. The highest BCUT2D eigenvalue weighted by molar-refractivity contribution is 5.91. The molecular weight excluding hydrogens is 588 g/mol. The minimum absolute atomic E-state index is 0.0750. The molecule has 0 unspecified atom stereocenters. The van der Waals surface area contributed by atoms with Crippen molar-refractivity contribution in [2.24, 2.45) is 0 Å². The summed E-state index contributed by atoms with van der Waals surface area (Å²) in [6.07, 6.45) is -0.530. The Bertz CT molecular complexity index is 1600. The standard InChI is InChI=1S/C34H42N6O6/c1-22-9-7-11-25(31(22)36(2)3)19-38-20-29-39(27(33(38)43)17-23-13-15-26(41)16-14-23)30(42)21-37(4)40(29)34(44)35-18-24-10-8-12-28(45-5)32(24)46-6/h7-16,27,29,41H,17-21H2,1-6H3,(H,35,44)/t27-,29-/m0/s1. The molecule has 2 atom stereocenters. The molecule has 0 bridgehead atoms. The average Bonchev–Trinajstić information content (AvgIpc) is 3.02. The zero-order valence-electron chi connectivity index (χ0n) is 27.2. The number of carbonyl (C=O) groups excluding carboxylic acids is 3. The lowest BCUT2D eigenvalue weighted by Crippen LogP contribution is -2.76. The first kappa shape index (κ1) is 32.4. The molecule has 4 amide bonds. The molecule has 5 rings (SSSR count). The zero-order valence-corrected chi connectivity index (χ0v) is 27.2. The maximum absolute atomic E-state index is 14.3. The van der Waals surface area contributed by atoms with Gasteiger partial charge in [-0.3, -0.25) is 9.59 Å². The summed E-state index contributed by atoms with van der Waals surface area (Å²) in [5.74, 6) is 0.738. The van der Waals surface area contributed by atoms with Crippen molar-refractivity contribution >= 4 is 23.5 Å². The number of aromatic hydroxyl groups is 1. The van der Waals surface area contributed by atoms with E-state index in [2.05, 4.69) is 5.32 Å². The van der Waals surface area contributed by atoms with Crippen LogP contribution in [0.2, 0.25) is 0 Å². The summed E-state index contributed by atoms with van der Waals surface area (Å²) in [7, 11) is 8.73. The number of anilines is 1. The predicted octanol–water partition coefficient (Wildman–Crippen LogP) is 2.96. The first-order valence-corrected chi connectivity index (χ1v) is 15.2. The Labute approximate surface area is 269 Å². The van der Waals surface area contributed by atoms with Crippen molar-refractivity contribution in [3.8, 4) is 17.2 Å². The zero-order chi connectivity index (χ0) is 33.1. The number of amides is 4. The molecule has 12 nitrogen and oxygen atoms in total. The van der Waals surface area contributed by atoms with E-state index >= 15 is 0 Å². The topological polar surface area (TPSA) is 118 Å². The van der Waals surface area contributed by atoms with E-state index in [1.165, 1.54) is 5.01 Å². The highest BCUT2D eigenvalue weighted by Gasteiger charge is 2.50. The van der Waals surface area contributed by atoms with Crippen LogP contribution in [0, 0.1) is 6.92 Å². The summed E-state index contributed by atoms with van der Waals surface area (Å²) >= 11 is 0. The summed E-state index contributed by atoms with van der Waals surface area (Å²) in [4.78, 5) is 47.2. The Morgan fingerprint density at radius 1 is 1.00 bits per heavy atom. The van der Waals surface area contributed by atoms with Gasteiger partial charge in [0.05, 0.1) is 27.3 Å². The molecule has 2 fully saturated rings. The van der Waals surface area contributed by atoms with E-state index in [4.69, 9.17) is 9.47 Å². The molecule has 0 aliphatic carbocycles. The third-order valence-corrected chi connectivity index (χ3v) is 8.56. The van der Waals surface area contributed by atoms with Gasteiger partial charge in [-0.1, -0.05) is 42.5 Å². The minimum Gasteiger partial charge on any atom is -0.508 e. The molecule has 0 spiro atoms. The molecule has 46 heavy (non-hydrogen) atoms. The number of benzene rings is 3. The number of piperazine rings is 1. The number of aryl methyl sites for hydroxylation is 1. The van der Waals surface area contributed by atoms with Gasteiger partial charge in [0, 0.05) is 51.9 Å². The van der Waals surface area contributed by atoms with E-state index < -0.39 is 18.2 Å². The van der Waals surface area contributed by atoms with Gasteiger partial charge in [-0.2, -0.15) is 0 Å². The summed E-state index contributed by atoms with van der Waals surface area (Å²) in [5.41, 5.74) is 4.58. The summed E-state index contributed by atoms with van der Waals surface area (Å²) in [6.45, 7) is 2.54. The molecule has 244 valence electrons. The fourth-order valence-electron chi connectivity index (χ4n) is 6.54. The number of hydrogen-bond donors (Lipinski definition) is 2. The van der Waals surface area contributed by atoms with E-state index in [1.807, 2.05) is 56.3 Å². The number of rotatable bonds is 9. The normalized spacial score (nSPS) is 18.3. The van der Waals surface area contributed by atoms with Crippen LogP contribution in [0.25, 0.3) is 0 Å². The van der Waals surface area contributed by atoms with E-state index in [-0.39, 0.29) is 43.6 Å². The monoisotopic (exact) mass is 630 g/mol. The second-order valence-electron chi connectivity index (χ2n) is 11.8. The van der Waals surface area contributed by atoms with Gasteiger partial charge in [0.2, 0.25) is 11.8 Å². The van der Waals surface area contributed by atoms with Crippen LogP contribution in [-0.4, -0.2) is 103 Å². The highest BCUT2D eigenvalue weighted by Crippen LogP contribution is 2.33. The molecule has 2 N–H and O–H groups in total. The van der Waals surface area contributed by atoms with Crippen LogP contribution in [0.1, 0.15) is 22.3 Å². The Kier molecular flexibility index (Phi) is 9.57. The lowest BCUT2D eigenvalue weighted by Gasteiger charge is -2.54. The van der Waals surface area contributed by atoms with Gasteiger partial charge < -0.3 is 34.6 Å².